The van der Waals surface area contributed by atoms with E-state index in [0.29, 0.717) is 11.6 Å². The lowest BCUT2D eigenvalue weighted by molar-refractivity contribution is -0.500. The van der Waals surface area contributed by atoms with Crippen LogP contribution in [0.4, 0.5) is 0 Å². The van der Waals surface area contributed by atoms with Crippen molar-refractivity contribution in [3.63, 3.8) is 0 Å². The summed E-state index contributed by atoms with van der Waals surface area (Å²) >= 11 is 6.12. The van der Waals surface area contributed by atoms with Crippen LogP contribution in [0.15, 0.2) is 24.4 Å². The van der Waals surface area contributed by atoms with Crippen molar-refractivity contribution in [2.45, 2.75) is 26.3 Å². The zero-order valence-corrected chi connectivity index (χ0v) is 15.4. The molecule has 2 aromatic rings. The number of ether oxygens (including phenoxy) is 1. The molecule has 0 bridgehead atoms. The highest BCUT2D eigenvalue weighted by atomic mass is 79.9. The van der Waals surface area contributed by atoms with Crippen molar-refractivity contribution in [3.05, 3.63) is 35.0 Å². The third kappa shape index (κ3) is 4.15. The van der Waals surface area contributed by atoms with Gasteiger partial charge in [0.15, 0.2) is 6.21 Å². The van der Waals surface area contributed by atoms with Gasteiger partial charge in [-0.05, 0) is 19.1 Å². The molecule has 1 aliphatic rings. The summed E-state index contributed by atoms with van der Waals surface area (Å²) in [4.78, 5) is 11.8. The number of carbonyl (C=O) groups excluding carboxylic acids is 1. The van der Waals surface area contributed by atoms with Crippen LogP contribution in [0.25, 0.3) is 10.9 Å². The van der Waals surface area contributed by atoms with Crippen LogP contribution >= 0.6 is 11.6 Å². The second kappa shape index (κ2) is 7.97. The molecule has 1 aromatic heterocycles. The predicted octanol–water partition coefficient (Wildman–Crippen LogP) is 0.0870. The Balaban J connectivity index is 0.00000192. The van der Waals surface area contributed by atoms with E-state index in [4.69, 9.17) is 16.3 Å². The Morgan fingerprint density at radius 1 is 1.39 bits per heavy atom. The van der Waals surface area contributed by atoms with Crippen molar-refractivity contribution in [1.29, 1.82) is 0 Å². The minimum Gasteiger partial charge on any atom is -1.00 e. The maximum atomic E-state index is 11.8. The average Bonchev–Trinajstić information content (AvgIpc) is 3.09. The molecule has 0 atom stereocenters. The largest absolute Gasteiger partial charge is 1.00 e. The molecule has 0 amide bonds. The molecule has 0 N–H and O–H groups in total. The number of carbonyl (C=O) groups is 1. The maximum Gasteiger partial charge on any atom is 0.325 e. The van der Waals surface area contributed by atoms with E-state index < -0.39 is 0 Å². The number of hydrogen-bond donors (Lipinski definition) is 0. The van der Waals surface area contributed by atoms with Crippen LogP contribution in [0.1, 0.15) is 25.3 Å². The fraction of sp³-hybridized carbons (Fsp3) is 0.412. The SMILES string of the molecule is CCOC(=O)Cn1cc(C=[N+]2CCCC2)c2ccc(Cl)cc21.[Br-]. The van der Waals surface area contributed by atoms with Gasteiger partial charge in [-0.15, -0.1) is 0 Å². The summed E-state index contributed by atoms with van der Waals surface area (Å²) in [6, 6.07) is 5.80. The first kappa shape index (κ1) is 18.0. The van der Waals surface area contributed by atoms with E-state index >= 15 is 0 Å². The van der Waals surface area contributed by atoms with Crippen molar-refractivity contribution < 1.29 is 31.1 Å². The highest BCUT2D eigenvalue weighted by Gasteiger charge is 2.16. The summed E-state index contributed by atoms with van der Waals surface area (Å²) in [5.41, 5.74) is 2.09. The van der Waals surface area contributed by atoms with Crippen LogP contribution < -0.4 is 17.0 Å². The topological polar surface area (TPSA) is 34.2 Å². The molecule has 2 heterocycles. The van der Waals surface area contributed by atoms with Gasteiger partial charge in [0.2, 0.25) is 0 Å². The Morgan fingerprint density at radius 2 is 2.13 bits per heavy atom. The van der Waals surface area contributed by atoms with Crippen LogP contribution in [0.5, 0.6) is 0 Å². The molecule has 0 unspecified atom stereocenters. The number of hydrogen-bond acceptors (Lipinski definition) is 2. The Labute approximate surface area is 151 Å². The van der Waals surface area contributed by atoms with Crippen LogP contribution in [-0.4, -0.2) is 41.0 Å². The number of rotatable bonds is 4. The first-order valence-corrected chi connectivity index (χ1v) is 8.08. The Morgan fingerprint density at radius 3 is 2.83 bits per heavy atom. The number of fused-ring (bicyclic) bond motifs is 1. The predicted molar refractivity (Wildman–Crippen MR) is 88.0 cm³/mol. The molecular formula is C17H20BrClN2O2. The molecule has 0 aliphatic carbocycles. The summed E-state index contributed by atoms with van der Waals surface area (Å²) < 4.78 is 9.30. The fourth-order valence-corrected chi connectivity index (χ4v) is 3.11. The second-order valence-electron chi connectivity index (χ2n) is 5.55. The highest BCUT2D eigenvalue weighted by molar-refractivity contribution is 6.31. The lowest BCUT2D eigenvalue weighted by Crippen LogP contribution is -3.00. The molecule has 0 saturated carbocycles. The third-order valence-corrected chi connectivity index (χ3v) is 4.18. The van der Waals surface area contributed by atoms with Crippen molar-refractivity contribution >= 4 is 34.7 Å². The summed E-state index contributed by atoms with van der Waals surface area (Å²) in [5.74, 6) is -0.230. The normalized spacial score (nSPS) is 13.9. The van der Waals surface area contributed by atoms with Crippen molar-refractivity contribution in [3.8, 4) is 0 Å². The molecule has 4 nitrogen and oxygen atoms in total. The van der Waals surface area contributed by atoms with Gasteiger partial charge in [-0.25, -0.2) is 4.58 Å². The van der Waals surface area contributed by atoms with E-state index in [2.05, 4.69) is 10.8 Å². The summed E-state index contributed by atoms with van der Waals surface area (Å²) in [7, 11) is 0. The van der Waals surface area contributed by atoms with E-state index in [-0.39, 0.29) is 29.5 Å². The smallest absolute Gasteiger partial charge is 0.325 e. The van der Waals surface area contributed by atoms with Crippen LogP contribution in [-0.2, 0) is 16.1 Å². The van der Waals surface area contributed by atoms with Gasteiger partial charge in [-0.3, -0.25) is 4.79 Å². The van der Waals surface area contributed by atoms with Crippen molar-refractivity contribution in [2.75, 3.05) is 19.7 Å². The van der Waals surface area contributed by atoms with Gasteiger partial charge < -0.3 is 26.3 Å². The van der Waals surface area contributed by atoms with E-state index in [1.54, 1.807) is 0 Å². The zero-order valence-electron chi connectivity index (χ0n) is 13.1. The molecule has 6 heteroatoms. The number of halogens is 2. The van der Waals surface area contributed by atoms with Gasteiger partial charge in [0.05, 0.1) is 17.7 Å². The standard InChI is InChI=1S/C17H20ClN2O2.BrH/c1-2-22-17(21)12-20-11-13(10-19-7-3-4-8-19)15-6-5-14(18)9-16(15)20;/h5-6,9-11H,2-4,7-8,12H2,1H3;1H/q+1;/p-1. The van der Waals surface area contributed by atoms with Crippen molar-refractivity contribution in [1.82, 2.24) is 4.57 Å². The monoisotopic (exact) mass is 398 g/mol. The number of aromatic nitrogens is 1. The van der Waals surface area contributed by atoms with Gasteiger partial charge in [-0.2, -0.15) is 0 Å². The molecule has 0 radical (unpaired) electrons. The van der Waals surface area contributed by atoms with Gasteiger partial charge >= 0.3 is 5.97 Å². The third-order valence-electron chi connectivity index (χ3n) is 3.94. The van der Waals surface area contributed by atoms with Crippen molar-refractivity contribution in [2.24, 2.45) is 0 Å². The lowest BCUT2D eigenvalue weighted by atomic mass is 10.2. The summed E-state index contributed by atoms with van der Waals surface area (Å²) in [6.45, 7) is 4.61. The first-order chi connectivity index (χ1) is 10.7. The average molecular weight is 400 g/mol. The Hall–Kier alpha value is -1.33. The van der Waals surface area contributed by atoms with E-state index in [1.807, 2.05) is 35.9 Å². The van der Waals surface area contributed by atoms with Crippen LogP contribution in [0.3, 0.4) is 0 Å². The molecule has 1 fully saturated rings. The van der Waals surface area contributed by atoms with E-state index in [1.165, 1.54) is 12.8 Å². The minimum absolute atomic E-state index is 0. The van der Waals surface area contributed by atoms with E-state index in [9.17, 15) is 4.79 Å². The van der Waals surface area contributed by atoms with Crippen LogP contribution in [0.2, 0.25) is 5.02 Å². The van der Waals surface area contributed by atoms with Gasteiger partial charge in [0.25, 0.3) is 0 Å². The lowest BCUT2D eigenvalue weighted by Gasteiger charge is -2.04. The zero-order chi connectivity index (χ0) is 15.5. The van der Waals surface area contributed by atoms with Crippen LogP contribution in [0, 0.1) is 0 Å². The maximum absolute atomic E-state index is 11.8. The fourth-order valence-electron chi connectivity index (χ4n) is 2.94. The number of nitrogens with zero attached hydrogens (tertiary/aromatic N) is 2. The molecule has 1 saturated heterocycles. The van der Waals surface area contributed by atoms with E-state index in [0.717, 1.165) is 29.6 Å². The molecule has 124 valence electrons. The van der Waals surface area contributed by atoms with Gasteiger partial charge in [0, 0.05) is 29.4 Å². The van der Waals surface area contributed by atoms with Gasteiger partial charge in [-0.1, -0.05) is 17.7 Å². The number of esters is 1. The second-order valence-corrected chi connectivity index (χ2v) is 5.99. The quantitative estimate of drug-likeness (QED) is 0.539. The molecule has 3 rings (SSSR count). The Bertz CT molecular complexity index is 732. The molecular weight excluding hydrogens is 380 g/mol. The number of benzene rings is 1. The van der Waals surface area contributed by atoms with Gasteiger partial charge in [0.1, 0.15) is 19.6 Å². The summed E-state index contributed by atoms with van der Waals surface area (Å²) in [6.07, 6.45) is 6.68. The molecule has 0 spiro atoms. The summed E-state index contributed by atoms with van der Waals surface area (Å²) in [5, 5.41) is 1.78. The first-order valence-electron chi connectivity index (χ1n) is 7.70. The molecule has 1 aromatic carbocycles. The molecule has 23 heavy (non-hydrogen) atoms. The minimum atomic E-state index is -0.230. The highest BCUT2D eigenvalue weighted by Crippen LogP contribution is 2.24. The molecule has 1 aliphatic heterocycles. The Kier molecular flexibility index (Phi) is 6.25.